The molecule has 0 aromatic rings. The zero-order chi connectivity index (χ0) is 15.0. The molecule has 0 atom stereocenters. The number of ketones is 1. The Balaban J connectivity index is -0.000000506. The minimum absolute atomic E-state index is 0.230. The molecule has 106 valence electrons. The molecule has 18 heavy (non-hydrogen) atoms. The Hall–Kier alpha value is -1.45. The van der Waals surface area contributed by atoms with Gasteiger partial charge in [0, 0.05) is 12.6 Å². The highest BCUT2D eigenvalue weighted by atomic mass is 16.2. The van der Waals surface area contributed by atoms with E-state index in [0.717, 1.165) is 5.70 Å². The summed E-state index contributed by atoms with van der Waals surface area (Å²) < 4.78 is 0. The van der Waals surface area contributed by atoms with Gasteiger partial charge in [0.05, 0.1) is 12.2 Å². The molecule has 0 bridgehead atoms. The van der Waals surface area contributed by atoms with E-state index in [1.165, 1.54) is 0 Å². The fourth-order valence-electron chi connectivity index (χ4n) is 0.818. The highest BCUT2D eigenvalue weighted by Gasteiger charge is 2.09. The van der Waals surface area contributed by atoms with Gasteiger partial charge in [0.2, 0.25) is 5.78 Å². The van der Waals surface area contributed by atoms with Crippen molar-refractivity contribution in [2.24, 2.45) is 4.99 Å². The van der Waals surface area contributed by atoms with E-state index < -0.39 is 11.7 Å². The Morgan fingerprint density at radius 2 is 1.61 bits per heavy atom. The molecular formula is C14H28N2O2. The van der Waals surface area contributed by atoms with Crippen molar-refractivity contribution in [2.75, 3.05) is 6.54 Å². The monoisotopic (exact) mass is 256 g/mol. The first-order valence-electron chi connectivity index (χ1n) is 6.60. The molecule has 1 N–H and O–H groups in total. The zero-order valence-electron chi connectivity index (χ0n) is 12.8. The molecule has 4 nitrogen and oxygen atoms in total. The third-order valence-electron chi connectivity index (χ3n) is 1.63. The molecular weight excluding hydrogens is 228 g/mol. The first-order valence-corrected chi connectivity index (χ1v) is 6.60. The van der Waals surface area contributed by atoms with Gasteiger partial charge in [0.15, 0.2) is 0 Å². The van der Waals surface area contributed by atoms with Crippen molar-refractivity contribution >= 4 is 17.9 Å². The van der Waals surface area contributed by atoms with Crippen LogP contribution in [0.15, 0.2) is 16.8 Å². The Morgan fingerprint density at radius 3 is 1.94 bits per heavy atom. The molecule has 4 heteroatoms. The van der Waals surface area contributed by atoms with Crippen molar-refractivity contribution in [3.63, 3.8) is 0 Å². The molecule has 0 radical (unpaired) electrons. The normalized spacial score (nSPS) is 9.83. The van der Waals surface area contributed by atoms with E-state index >= 15 is 0 Å². The van der Waals surface area contributed by atoms with Gasteiger partial charge in [0.25, 0.3) is 5.91 Å². The fraction of sp³-hybridized carbons (Fsp3) is 0.643. The quantitative estimate of drug-likeness (QED) is 0.607. The first-order chi connectivity index (χ1) is 8.65. The molecule has 0 aromatic carbocycles. The van der Waals surface area contributed by atoms with Crippen LogP contribution in [0.5, 0.6) is 0 Å². The van der Waals surface area contributed by atoms with E-state index in [1.54, 1.807) is 26.1 Å². The van der Waals surface area contributed by atoms with Crippen LogP contribution in [-0.4, -0.2) is 24.4 Å². The van der Waals surface area contributed by atoms with Crippen LogP contribution < -0.4 is 5.32 Å². The predicted octanol–water partition coefficient (Wildman–Crippen LogP) is 3.13. The summed E-state index contributed by atoms with van der Waals surface area (Å²) in [5, 5.41) is 2.50. The number of hydrogen-bond donors (Lipinski definition) is 1. The number of amides is 1. The molecule has 1 amide bonds. The Labute approximate surface area is 112 Å². The largest absolute Gasteiger partial charge is 0.344 e. The summed E-state index contributed by atoms with van der Waals surface area (Å²) in [6.45, 7) is 13.6. The lowest BCUT2D eigenvalue weighted by Crippen LogP contribution is -2.31. The fourth-order valence-corrected chi connectivity index (χ4v) is 0.818. The summed E-state index contributed by atoms with van der Waals surface area (Å²) in [6, 6.07) is 0. The van der Waals surface area contributed by atoms with Crippen LogP contribution in [0.25, 0.3) is 0 Å². The molecule has 0 aromatic heterocycles. The van der Waals surface area contributed by atoms with Crippen molar-refractivity contribution in [3.8, 4) is 0 Å². The molecule has 0 rings (SSSR count). The molecule has 0 unspecified atom stereocenters. The maximum absolute atomic E-state index is 11.1. The van der Waals surface area contributed by atoms with Gasteiger partial charge in [-0.2, -0.15) is 0 Å². The van der Waals surface area contributed by atoms with Gasteiger partial charge in [-0.3, -0.25) is 14.6 Å². The predicted molar refractivity (Wildman–Crippen MR) is 78.9 cm³/mol. The summed E-state index contributed by atoms with van der Waals surface area (Å²) in [6.07, 6.45) is 3.66. The molecule has 0 saturated carbocycles. The lowest BCUT2D eigenvalue weighted by atomic mass is 10.3. The lowest BCUT2D eigenvalue weighted by Gasteiger charge is -2.02. The maximum Gasteiger partial charge on any atom is 0.287 e. The van der Waals surface area contributed by atoms with Crippen molar-refractivity contribution in [2.45, 2.75) is 54.9 Å². The minimum atomic E-state index is -0.543. The van der Waals surface area contributed by atoms with E-state index in [1.807, 2.05) is 34.6 Å². The van der Waals surface area contributed by atoms with Crippen molar-refractivity contribution < 1.29 is 9.59 Å². The standard InChI is InChI=1S/C10H16N2O2.2C2H6/c1-4-8(11-6-3)7-12-10(14)9(13)5-2;2*1-2/h4,6H,5,7H2,1-3H3,(H,12,14);2*1-2H3/b8-4-,11-6?;;. The van der Waals surface area contributed by atoms with E-state index in [-0.39, 0.29) is 6.42 Å². The first kappa shape index (κ1) is 21.8. The Kier molecular flexibility index (Phi) is 21.7. The number of hydrogen-bond acceptors (Lipinski definition) is 3. The number of Topliss-reactive ketones (excluding diaryl/α,β-unsaturated/α-hetero) is 1. The highest BCUT2D eigenvalue weighted by molar-refractivity contribution is 6.36. The third-order valence-corrected chi connectivity index (χ3v) is 1.63. The van der Waals surface area contributed by atoms with Crippen molar-refractivity contribution in [1.29, 1.82) is 0 Å². The average molecular weight is 256 g/mol. The summed E-state index contributed by atoms with van der Waals surface area (Å²) >= 11 is 0. The number of nitrogens with zero attached hydrogens (tertiary/aromatic N) is 1. The Bertz CT molecular complexity index is 269. The molecule has 0 spiro atoms. The number of carbonyl (C=O) groups is 2. The summed E-state index contributed by atoms with van der Waals surface area (Å²) in [7, 11) is 0. The van der Waals surface area contributed by atoms with E-state index in [0.29, 0.717) is 6.54 Å². The van der Waals surface area contributed by atoms with Gasteiger partial charge in [0.1, 0.15) is 0 Å². The number of rotatable bonds is 5. The maximum atomic E-state index is 11.1. The molecule has 0 saturated heterocycles. The van der Waals surface area contributed by atoms with Crippen LogP contribution >= 0.6 is 0 Å². The van der Waals surface area contributed by atoms with Crippen LogP contribution in [0.4, 0.5) is 0 Å². The van der Waals surface area contributed by atoms with Gasteiger partial charge in [-0.05, 0) is 13.8 Å². The minimum Gasteiger partial charge on any atom is -0.344 e. The van der Waals surface area contributed by atoms with Crippen LogP contribution in [0, 0.1) is 0 Å². The second-order valence-corrected chi connectivity index (χ2v) is 2.63. The van der Waals surface area contributed by atoms with E-state index in [9.17, 15) is 9.59 Å². The summed E-state index contributed by atoms with van der Waals surface area (Å²) in [5.74, 6) is -0.945. The van der Waals surface area contributed by atoms with Gasteiger partial charge in [-0.25, -0.2) is 0 Å². The highest BCUT2D eigenvalue weighted by Crippen LogP contribution is 1.93. The third kappa shape index (κ3) is 12.6. The topological polar surface area (TPSA) is 58.5 Å². The van der Waals surface area contributed by atoms with Gasteiger partial charge < -0.3 is 5.32 Å². The van der Waals surface area contributed by atoms with Crippen LogP contribution in [-0.2, 0) is 9.59 Å². The van der Waals surface area contributed by atoms with Crippen molar-refractivity contribution in [3.05, 3.63) is 11.8 Å². The molecule has 0 heterocycles. The SMILES string of the molecule is CC.CC.CC=N/C(=C\C)CNC(=O)C(=O)CC. The summed E-state index contributed by atoms with van der Waals surface area (Å²) in [4.78, 5) is 26.0. The molecule has 0 aliphatic carbocycles. The second-order valence-electron chi connectivity index (χ2n) is 2.63. The Morgan fingerprint density at radius 1 is 1.11 bits per heavy atom. The zero-order valence-corrected chi connectivity index (χ0v) is 12.8. The van der Waals surface area contributed by atoms with Crippen LogP contribution in [0.3, 0.4) is 0 Å². The average Bonchev–Trinajstić information content (AvgIpc) is 2.46. The molecule has 0 aliphatic rings. The summed E-state index contributed by atoms with van der Waals surface area (Å²) in [5.41, 5.74) is 0.741. The van der Waals surface area contributed by atoms with Crippen LogP contribution in [0.1, 0.15) is 54.9 Å². The van der Waals surface area contributed by atoms with E-state index in [2.05, 4.69) is 10.3 Å². The van der Waals surface area contributed by atoms with Crippen molar-refractivity contribution in [1.82, 2.24) is 5.32 Å². The molecule has 0 fully saturated rings. The van der Waals surface area contributed by atoms with Crippen LogP contribution in [0.2, 0.25) is 0 Å². The molecule has 0 aliphatic heterocycles. The number of carbonyl (C=O) groups excluding carboxylic acids is 2. The number of aliphatic imine (C=N–C) groups is 1. The van der Waals surface area contributed by atoms with E-state index in [4.69, 9.17) is 0 Å². The van der Waals surface area contributed by atoms with Gasteiger partial charge in [-0.15, -0.1) is 0 Å². The smallest absolute Gasteiger partial charge is 0.287 e. The van der Waals surface area contributed by atoms with Gasteiger partial charge in [-0.1, -0.05) is 40.7 Å². The number of nitrogens with one attached hydrogen (secondary N) is 1. The lowest BCUT2D eigenvalue weighted by molar-refractivity contribution is -0.137. The number of allylic oxidation sites excluding steroid dienone is 1. The second kappa shape index (κ2) is 17.9. The van der Waals surface area contributed by atoms with Gasteiger partial charge >= 0.3 is 0 Å².